The Morgan fingerprint density at radius 2 is 1.72 bits per heavy atom. The Kier molecular flexibility index (Phi) is 6.13. The maximum atomic E-state index is 12.9. The molecule has 0 saturated carbocycles. The summed E-state index contributed by atoms with van der Waals surface area (Å²) in [7, 11) is -3.85. The van der Waals surface area contributed by atoms with E-state index in [4.69, 9.17) is 23.2 Å². The lowest BCUT2D eigenvalue weighted by molar-refractivity contribution is -0.384. The van der Waals surface area contributed by atoms with E-state index in [1.807, 2.05) is 0 Å². The number of hydrogen-bond acceptors (Lipinski definition) is 6. The second kappa shape index (κ2) is 8.27. The van der Waals surface area contributed by atoms with E-state index in [1.54, 1.807) is 4.90 Å². The zero-order valence-corrected chi connectivity index (χ0v) is 17.7. The fourth-order valence-electron chi connectivity index (χ4n) is 3.14. The largest absolute Gasteiger partial charge is 0.363 e. The quantitative estimate of drug-likeness (QED) is 0.386. The summed E-state index contributed by atoms with van der Waals surface area (Å²) >= 11 is 12.0. The number of halogens is 2. The van der Waals surface area contributed by atoms with E-state index in [2.05, 4.69) is 0 Å². The van der Waals surface area contributed by atoms with Crippen LogP contribution in [0, 0.1) is 10.1 Å². The first-order chi connectivity index (χ1) is 13.6. The second-order valence-electron chi connectivity index (χ2n) is 6.48. The average Bonchev–Trinajstić information content (AvgIpc) is 2.69. The van der Waals surface area contributed by atoms with Gasteiger partial charge in [0, 0.05) is 42.8 Å². The van der Waals surface area contributed by atoms with Crippen molar-refractivity contribution in [2.75, 3.05) is 31.1 Å². The van der Waals surface area contributed by atoms with E-state index < -0.39 is 14.9 Å². The number of carbonyl (C=O) groups is 1. The van der Waals surface area contributed by atoms with Gasteiger partial charge < -0.3 is 4.90 Å². The first-order valence-electron chi connectivity index (χ1n) is 8.61. The molecule has 0 spiro atoms. The van der Waals surface area contributed by atoms with E-state index in [9.17, 15) is 23.3 Å². The molecule has 0 aliphatic carbocycles. The molecule has 3 rings (SSSR count). The van der Waals surface area contributed by atoms with Crippen LogP contribution in [-0.2, 0) is 10.0 Å². The van der Waals surface area contributed by atoms with Gasteiger partial charge in [0.25, 0.3) is 5.69 Å². The summed E-state index contributed by atoms with van der Waals surface area (Å²) in [6.07, 6.45) is 0. The van der Waals surface area contributed by atoms with Crippen molar-refractivity contribution in [2.24, 2.45) is 0 Å². The molecule has 0 atom stereocenters. The van der Waals surface area contributed by atoms with Gasteiger partial charge in [0.15, 0.2) is 5.78 Å². The topological polar surface area (TPSA) is 101 Å². The molecule has 1 aliphatic heterocycles. The number of piperazine rings is 1. The molecule has 0 N–H and O–H groups in total. The summed E-state index contributed by atoms with van der Waals surface area (Å²) < 4.78 is 27.1. The number of Topliss-reactive ketones (excluding diaryl/α,β-unsaturated/α-hetero) is 1. The van der Waals surface area contributed by atoms with E-state index in [-0.39, 0.29) is 58.2 Å². The first-order valence-corrected chi connectivity index (χ1v) is 10.8. The van der Waals surface area contributed by atoms with Crippen LogP contribution < -0.4 is 4.90 Å². The van der Waals surface area contributed by atoms with Crippen LogP contribution in [0.2, 0.25) is 10.0 Å². The molecule has 29 heavy (non-hydrogen) atoms. The third kappa shape index (κ3) is 4.37. The number of sulfonamides is 1. The van der Waals surface area contributed by atoms with E-state index in [0.29, 0.717) is 5.69 Å². The van der Waals surface area contributed by atoms with Gasteiger partial charge in [-0.3, -0.25) is 14.9 Å². The highest BCUT2D eigenvalue weighted by Crippen LogP contribution is 2.32. The van der Waals surface area contributed by atoms with E-state index >= 15 is 0 Å². The zero-order valence-electron chi connectivity index (χ0n) is 15.3. The molecule has 0 amide bonds. The Balaban J connectivity index is 1.83. The van der Waals surface area contributed by atoms with Gasteiger partial charge in [-0.05, 0) is 37.3 Å². The number of anilines is 1. The fourth-order valence-corrected chi connectivity index (χ4v) is 5.30. The van der Waals surface area contributed by atoms with Crippen molar-refractivity contribution in [3.63, 3.8) is 0 Å². The minimum absolute atomic E-state index is 0.0723. The Bertz CT molecular complexity index is 1080. The number of carbonyl (C=O) groups excluding carboxylic acids is 1. The van der Waals surface area contributed by atoms with Crippen molar-refractivity contribution >= 4 is 50.4 Å². The van der Waals surface area contributed by atoms with Crippen LogP contribution in [0.25, 0.3) is 0 Å². The number of ketones is 1. The number of nitrogens with zero attached hydrogens (tertiary/aromatic N) is 3. The number of hydrogen-bond donors (Lipinski definition) is 0. The third-order valence-corrected chi connectivity index (χ3v) is 7.28. The van der Waals surface area contributed by atoms with Gasteiger partial charge in [0.1, 0.15) is 10.6 Å². The summed E-state index contributed by atoms with van der Waals surface area (Å²) in [5.41, 5.74) is 0.405. The maximum Gasteiger partial charge on any atom is 0.293 e. The summed E-state index contributed by atoms with van der Waals surface area (Å²) in [5, 5.41) is 11.8. The molecule has 154 valence electrons. The van der Waals surface area contributed by atoms with Gasteiger partial charge >= 0.3 is 0 Å². The van der Waals surface area contributed by atoms with Gasteiger partial charge in [-0.1, -0.05) is 23.2 Å². The summed E-state index contributed by atoms with van der Waals surface area (Å²) in [6, 6.07) is 8.52. The maximum absolute atomic E-state index is 12.9. The number of nitro benzene ring substituents is 1. The van der Waals surface area contributed by atoms with Gasteiger partial charge in [0.2, 0.25) is 10.0 Å². The molecule has 8 nitrogen and oxygen atoms in total. The molecule has 0 aromatic heterocycles. The van der Waals surface area contributed by atoms with Crippen molar-refractivity contribution in [1.29, 1.82) is 0 Å². The Morgan fingerprint density at radius 3 is 2.31 bits per heavy atom. The van der Waals surface area contributed by atoms with Crippen LogP contribution in [0.3, 0.4) is 0 Å². The van der Waals surface area contributed by atoms with Crippen molar-refractivity contribution in [3.05, 3.63) is 62.1 Å². The highest BCUT2D eigenvalue weighted by Gasteiger charge is 2.32. The molecule has 11 heteroatoms. The van der Waals surface area contributed by atoms with Gasteiger partial charge in [-0.2, -0.15) is 4.31 Å². The van der Waals surface area contributed by atoms with Gasteiger partial charge in [-0.25, -0.2) is 8.42 Å². The van der Waals surface area contributed by atoms with Crippen molar-refractivity contribution in [1.82, 2.24) is 4.31 Å². The minimum Gasteiger partial charge on any atom is -0.363 e. The molecular formula is C18H17Cl2N3O5S. The zero-order chi connectivity index (χ0) is 21.3. The predicted octanol–water partition coefficient (Wildman–Crippen LogP) is 3.62. The molecule has 1 saturated heterocycles. The van der Waals surface area contributed by atoms with Crippen LogP contribution in [0.4, 0.5) is 11.4 Å². The normalized spacial score (nSPS) is 15.3. The second-order valence-corrected chi connectivity index (χ2v) is 9.23. The summed E-state index contributed by atoms with van der Waals surface area (Å²) in [4.78, 5) is 24.1. The van der Waals surface area contributed by atoms with Gasteiger partial charge in [0.05, 0.1) is 9.95 Å². The molecule has 2 aromatic rings. The fraction of sp³-hybridized carbons (Fsp3) is 0.278. The molecule has 1 heterocycles. The Morgan fingerprint density at radius 1 is 1.07 bits per heavy atom. The number of benzene rings is 2. The summed E-state index contributed by atoms with van der Waals surface area (Å²) in [6.45, 7) is 2.08. The minimum atomic E-state index is -3.85. The Hall–Kier alpha value is -2.20. The average molecular weight is 458 g/mol. The monoisotopic (exact) mass is 457 g/mol. The SMILES string of the molecule is CC(=O)c1ccc(N2CCN(S(=O)(=O)c3cc(Cl)ccc3Cl)CC2)c([N+](=O)[O-])c1. The highest BCUT2D eigenvalue weighted by atomic mass is 35.5. The highest BCUT2D eigenvalue weighted by molar-refractivity contribution is 7.89. The lowest BCUT2D eigenvalue weighted by atomic mass is 10.1. The van der Waals surface area contributed by atoms with Crippen LogP contribution in [-0.4, -0.2) is 49.6 Å². The number of rotatable bonds is 5. The lowest BCUT2D eigenvalue weighted by Crippen LogP contribution is -2.48. The molecule has 0 bridgehead atoms. The van der Waals surface area contributed by atoms with Crippen molar-refractivity contribution in [3.8, 4) is 0 Å². The van der Waals surface area contributed by atoms with Crippen LogP contribution in [0.5, 0.6) is 0 Å². The van der Waals surface area contributed by atoms with E-state index in [1.165, 1.54) is 47.6 Å². The summed E-state index contributed by atoms with van der Waals surface area (Å²) in [5.74, 6) is -0.269. The van der Waals surface area contributed by atoms with Crippen molar-refractivity contribution < 1.29 is 18.1 Å². The molecule has 0 radical (unpaired) electrons. The predicted molar refractivity (Wildman–Crippen MR) is 111 cm³/mol. The molecule has 2 aromatic carbocycles. The molecule has 0 unspecified atom stereocenters. The molecule has 1 fully saturated rings. The van der Waals surface area contributed by atoms with Crippen LogP contribution in [0.15, 0.2) is 41.3 Å². The Labute approximate surface area is 177 Å². The van der Waals surface area contributed by atoms with Gasteiger partial charge in [-0.15, -0.1) is 0 Å². The lowest BCUT2D eigenvalue weighted by Gasteiger charge is -2.35. The molecular weight excluding hydrogens is 441 g/mol. The van der Waals surface area contributed by atoms with Crippen LogP contribution >= 0.6 is 23.2 Å². The first kappa shape index (κ1) is 21.5. The van der Waals surface area contributed by atoms with Crippen LogP contribution in [0.1, 0.15) is 17.3 Å². The number of nitro groups is 1. The molecule has 1 aliphatic rings. The van der Waals surface area contributed by atoms with Crippen molar-refractivity contribution in [2.45, 2.75) is 11.8 Å². The smallest absolute Gasteiger partial charge is 0.293 e. The standard InChI is InChI=1S/C18H17Cl2N3O5S/c1-12(24)13-2-5-16(17(10-13)23(25)26)21-6-8-22(9-7-21)29(27,28)18-11-14(19)3-4-15(18)20/h2-5,10-11H,6-9H2,1H3. The van der Waals surface area contributed by atoms with E-state index in [0.717, 1.165) is 0 Å². The third-order valence-electron chi connectivity index (χ3n) is 4.67.